The maximum absolute atomic E-state index is 12.8. The molecule has 0 saturated heterocycles. The number of alkyl halides is 3. The number of fused-ring (bicyclic) bond motifs is 1. The summed E-state index contributed by atoms with van der Waals surface area (Å²) in [5.41, 5.74) is 2.54. The molecule has 7 heteroatoms. The van der Waals surface area contributed by atoms with Gasteiger partial charge in [-0.15, -0.1) is 6.42 Å². The van der Waals surface area contributed by atoms with E-state index in [1.54, 1.807) is 0 Å². The summed E-state index contributed by atoms with van der Waals surface area (Å²) in [6.45, 7) is 1.78. The van der Waals surface area contributed by atoms with E-state index in [0.29, 0.717) is 42.9 Å². The Bertz CT molecular complexity index is 1170. The molecule has 1 N–H and O–H groups in total. The first kappa shape index (κ1) is 19.9. The van der Waals surface area contributed by atoms with Crippen LogP contribution in [0.15, 0.2) is 53.3 Å². The fourth-order valence-electron chi connectivity index (χ4n) is 3.62. The third kappa shape index (κ3) is 4.00. The van der Waals surface area contributed by atoms with Crippen LogP contribution in [0.5, 0.6) is 0 Å². The largest absolute Gasteiger partial charge is 0.416 e. The zero-order valence-corrected chi connectivity index (χ0v) is 16.0. The van der Waals surface area contributed by atoms with Gasteiger partial charge in [-0.3, -0.25) is 9.69 Å². The minimum Gasteiger partial charge on any atom is -0.306 e. The van der Waals surface area contributed by atoms with E-state index in [0.717, 1.165) is 23.3 Å². The maximum Gasteiger partial charge on any atom is 0.416 e. The number of rotatable bonds is 3. The molecule has 1 aromatic heterocycles. The van der Waals surface area contributed by atoms with Crippen LogP contribution < -0.4 is 5.56 Å². The highest BCUT2D eigenvalue weighted by Crippen LogP contribution is 2.30. The summed E-state index contributed by atoms with van der Waals surface area (Å²) in [6.07, 6.45) is 1.71. The molecule has 0 bridgehead atoms. The monoisotopic (exact) mass is 409 g/mol. The Labute approximate surface area is 171 Å². The lowest BCUT2D eigenvalue weighted by Gasteiger charge is -2.28. The summed E-state index contributed by atoms with van der Waals surface area (Å²) < 4.78 is 38.4. The first-order valence-electron chi connectivity index (χ1n) is 9.42. The van der Waals surface area contributed by atoms with E-state index in [-0.39, 0.29) is 11.4 Å². The SMILES string of the molecule is C#Cc1ccccc1CN1CCc2c(nc(-c3ccc(C(F)(F)F)cc3)[nH]c2=O)C1. The normalized spacial score (nSPS) is 14.2. The van der Waals surface area contributed by atoms with Crippen molar-refractivity contribution < 1.29 is 13.2 Å². The van der Waals surface area contributed by atoms with E-state index >= 15 is 0 Å². The molecule has 1 aliphatic heterocycles. The molecule has 0 unspecified atom stereocenters. The van der Waals surface area contributed by atoms with Gasteiger partial charge in [0.2, 0.25) is 0 Å². The van der Waals surface area contributed by atoms with Gasteiger partial charge in [0, 0.05) is 36.3 Å². The second kappa shape index (κ2) is 7.81. The number of H-pyrrole nitrogens is 1. The molecule has 0 radical (unpaired) electrons. The number of benzene rings is 2. The first-order chi connectivity index (χ1) is 14.3. The molecule has 2 aromatic carbocycles. The van der Waals surface area contributed by atoms with Gasteiger partial charge in [-0.25, -0.2) is 4.98 Å². The Morgan fingerprint density at radius 2 is 1.87 bits per heavy atom. The number of aromatic nitrogens is 2. The van der Waals surface area contributed by atoms with E-state index in [2.05, 4.69) is 20.8 Å². The minimum absolute atomic E-state index is 0.251. The molecule has 152 valence electrons. The molecule has 30 heavy (non-hydrogen) atoms. The molecule has 4 nitrogen and oxygen atoms in total. The molecule has 0 aliphatic carbocycles. The molecule has 0 amide bonds. The van der Waals surface area contributed by atoms with Gasteiger partial charge in [0.15, 0.2) is 0 Å². The summed E-state index contributed by atoms with van der Waals surface area (Å²) >= 11 is 0. The van der Waals surface area contributed by atoms with Crippen molar-refractivity contribution >= 4 is 0 Å². The van der Waals surface area contributed by atoms with E-state index in [4.69, 9.17) is 6.42 Å². The summed E-state index contributed by atoms with van der Waals surface area (Å²) in [5.74, 6) is 2.94. The van der Waals surface area contributed by atoms with E-state index in [9.17, 15) is 18.0 Å². The van der Waals surface area contributed by atoms with Gasteiger partial charge in [0.05, 0.1) is 11.3 Å². The van der Waals surface area contributed by atoms with Crippen molar-refractivity contribution in [2.24, 2.45) is 0 Å². The number of hydrogen-bond acceptors (Lipinski definition) is 3. The van der Waals surface area contributed by atoms with Gasteiger partial charge in [-0.05, 0) is 30.2 Å². The van der Waals surface area contributed by atoms with Crippen LogP contribution in [0.2, 0.25) is 0 Å². The number of nitrogens with one attached hydrogen (secondary N) is 1. The van der Waals surface area contributed by atoms with Gasteiger partial charge in [-0.2, -0.15) is 13.2 Å². The van der Waals surface area contributed by atoms with Gasteiger partial charge < -0.3 is 4.98 Å². The Kier molecular flexibility index (Phi) is 5.18. The second-order valence-corrected chi connectivity index (χ2v) is 7.18. The highest BCUT2D eigenvalue weighted by Gasteiger charge is 2.30. The minimum atomic E-state index is -4.41. The average molecular weight is 409 g/mol. The lowest BCUT2D eigenvalue weighted by Crippen LogP contribution is -2.35. The topological polar surface area (TPSA) is 49.0 Å². The zero-order valence-electron chi connectivity index (χ0n) is 16.0. The van der Waals surface area contributed by atoms with Gasteiger partial charge in [0.1, 0.15) is 5.82 Å². The fourth-order valence-corrected chi connectivity index (χ4v) is 3.62. The predicted molar refractivity (Wildman–Crippen MR) is 107 cm³/mol. The molecule has 1 aliphatic rings. The Hall–Kier alpha value is -3.37. The summed E-state index contributed by atoms with van der Waals surface area (Å²) in [7, 11) is 0. The highest BCUT2D eigenvalue weighted by atomic mass is 19.4. The number of hydrogen-bond donors (Lipinski definition) is 1. The second-order valence-electron chi connectivity index (χ2n) is 7.18. The van der Waals surface area contributed by atoms with Crippen molar-refractivity contribution in [3.8, 4) is 23.7 Å². The Morgan fingerprint density at radius 3 is 2.57 bits per heavy atom. The molecule has 0 saturated carbocycles. The fraction of sp³-hybridized carbons (Fsp3) is 0.217. The van der Waals surface area contributed by atoms with Crippen LogP contribution >= 0.6 is 0 Å². The van der Waals surface area contributed by atoms with Gasteiger partial charge in [0.25, 0.3) is 5.56 Å². The van der Waals surface area contributed by atoms with Crippen LogP contribution in [0.1, 0.15) is 27.9 Å². The third-order valence-corrected chi connectivity index (χ3v) is 5.21. The van der Waals surface area contributed by atoms with Gasteiger partial charge in [-0.1, -0.05) is 36.3 Å². The smallest absolute Gasteiger partial charge is 0.306 e. The van der Waals surface area contributed by atoms with Crippen LogP contribution in [0.4, 0.5) is 13.2 Å². The standard InChI is InChI=1S/C23H18F3N3O/c1-2-15-5-3-4-6-17(15)13-29-12-11-19-20(14-29)27-21(28-22(19)30)16-7-9-18(10-8-16)23(24,25)26/h1,3-10H,11-14H2,(H,27,28,30). The van der Waals surface area contributed by atoms with Crippen LogP contribution in [-0.2, 0) is 25.7 Å². The van der Waals surface area contributed by atoms with E-state index in [1.165, 1.54) is 12.1 Å². The van der Waals surface area contributed by atoms with Crippen molar-refractivity contribution in [3.63, 3.8) is 0 Å². The molecule has 0 atom stereocenters. The number of aromatic amines is 1. The van der Waals surface area contributed by atoms with Crippen LogP contribution in [0.3, 0.4) is 0 Å². The maximum atomic E-state index is 12.8. The molecular formula is C23H18F3N3O. The molecule has 0 spiro atoms. The molecular weight excluding hydrogens is 391 g/mol. The number of terminal acetylenes is 1. The number of halogens is 3. The number of nitrogens with zero attached hydrogens (tertiary/aromatic N) is 2. The summed E-state index contributed by atoms with van der Waals surface area (Å²) in [5, 5.41) is 0. The predicted octanol–water partition coefficient (Wildman–Crippen LogP) is 4.00. The molecule has 4 rings (SSSR count). The van der Waals surface area contributed by atoms with Crippen LogP contribution in [0.25, 0.3) is 11.4 Å². The average Bonchev–Trinajstić information content (AvgIpc) is 2.73. The van der Waals surface area contributed by atoms with E-state index < -0.39 is 11.7 Å². The van der Waals surface area contributed by atoms with Crippen LogP contribution in [-0.4, -0.2) is 21.4 Å². The molecule has 0 fully saturated rings. The van der Waals surface area contributed by atoms with Gasteiger partial charge >= 0.3 is 6.18 Å². The molecule has 2 heterocycles. The lowest BCUT2D eigenvalue weighted by molar-refractivity contribution is -0.137. The lowest BCUT2D eigenvalue weighted by atomic mass is 10.0. The summed E-state index contributed by atoms with van der Waals surface area (Å²) in [4.78, 5) is 21.9. The Balaban J connectivity index is 1.61. The van der Waals surface area contributed by atoms with Crippen molar-refractivity contribution in [2.75, 3.05) is 6.54 Å². The van der Waals surface area contributed by atoms with E-state index in [1.807, 2.05) is 24.3 Å². The van der Waals surface area contributed by atoms with Crippen molar-refractivity contribution in [2.45, 2.75) is 25.7 Å². The van der Waals surface area contributed by atoms with Crippen molar-refractivity contribution in [1.29, 1.82) is 0 Å². The van der Waals surface area contributed by atoms with Crippen molar-refractivity contribution in [1.82, 2.24) is 14.9 Å². The van der Waals surface area contributed by atoms with Crippen LogP contribution in [0, 0.1) is 12.3 Å². The summed E-state index contributed by atoms with van der Waals surface area (Å²) in [6, 6.07) is 12.3. The molecule has 3 aromatic rings. The highest BCUT2D eigenvalue weighted by molar-refractivity contribution is 5.56. The first-order valence-corrected chi connectivity index (χ1v) is 9.42. The van der Waals surface area contributed by atoms with Crippen molar-refractivity contribution in [3.05, 3.63) is 86.8 Å². The quantitative estimate of drug-likeness (QED) is 0.666. The Morgan fingerprint density at radius 1 is 1.13 bits per heavy atom. The third-order valence-electron chi connectivity index (χ3n) is 5.21. The zero-order chi connectivity index (χ0) is 21.3.